The number of nitrogens with zero attached hydrogens (tertiary/aromatic N) is 1. The highest BCUT2D eigenvalue weighted by Crippen LogP contribution is 2.29. The summed E-state index contributed by atoms with van der Waals surface area (Å²) in [6.45, 7) is 0. The molecule has 0 radical (unpaired) electrons. The summed E-state index contributed by atoms with van der Waals surface area (Å²) in [6.07, 6.45) is 2.11. The molecule has 0 saturated carbocycles. The van der Waals surface area contributed by atoms with E-state index in [1.165, 1.54) is 27.5 Å². The number of hydrogen-bond acceptors (Lipinski definition) is 1. The third-order valence-electron chi connectivity index (χ3n) is 3.92. The maximum atomic E-state index is 5.24. The molecule has 0 bridgehead atoms. The number of fused-ring (bicyclic) bond motifs is 3. The Morgan fingerprint density at radius 1 is 0.857 bits per heavy atom. The van der Waals surface area contributed by atoms with Crippen LogP contribution in [0.2, 0.25) is 0 Å². The number of pyridine rings is 1. The molecule has 2 nitrogen and oxygen atoms in total. The van der Waals surface area contributed by atoms with Crippen LogP contribution in [0.1, 0.15) is 0 Å². The highest BCUT2D eigenvalue weighted by molar-refractivity contribution is 5.98. The second-order valence-corrected chi connectivity index (χ2v) is 5.11. The van der Waals surface area contributed by atoms with Gasteiger partial charge in [-0.2, -0.15) is 0 Å². The molecule has 2 aromatic carbocycles. The first-order valence-electron chi connectivity index (χ1n) is 7.00. The summed E-state index contributed by atoms with van der Waals surface area (Å²) in [5.74, 6) is 0.878. The van der Waals surface area contributed by atoms with Crippen LogP contribution in [0.4, 0.5) is 0 Å². The van der Waals surface area contributed by atoms with Crippen LogP contribution in [-0.4, -0.2) is 11.5 Å². The molecule has 0 aliphatic carbocycles. The van der Waals surface area contributed by atoms with Crippen LogP contribution < -0.4 is 4.74 Å². The predicted molar refractivity (Wildman–Crippen MR) is 86.9 cm³/mol. The Bertz CT molecular complexity index is 919. The molecule has 2 heteroatoms. The fraction of sp³-hybridized carbons (Fsp3) is 0.0526. The van der Waals surface area contributed by atoms with E-state index < -0.39 is 0 Å². The van der Waals surface area contributed by atoms with E-state index in [0.29, 0.717) is 0 Å². The van der Waals surface area contributed by atoms with Crippen LogP contribution in [0.15, 0.2) is 72.9 Å². The van der Waals surface area contributed by atoms with Gasteiger partial charge in [-0.3, -0.25) is 0 Å². The van der Waals surface area contributed by atoms with Crippen molar-refractivity contribution >= 4 is 16.3 Å². The zero-order chi connectivity index (χ0) is 14.2. The van der Waals surface area contributed by atoms with E-state index in [0.717, 1.165) is 5.75 Å². The first-order valence-corrected chi connectivity index (χ1v) is 7.00. The number of aromatic nitrogens is 1. The van der Waals surface area contributed by atoms with E-state index in [9.17, 15) is 0 Å². The topological polar surface area (TPSA) is 13.6 Å². The average Bonchev–Trinajstić information content (AvgIpc) is 3.04. The quantitative estimate of drug-likeness (QED) is 0.513. The first-order chi connectivity index (χ1) is 10.4. The molecule has 0 saturated heterocycles. The van der Waals surface area contributed by atoms with E-state index in [1.807, 2.05) is 12.1 Å². The number of hydrogen-bond donors (Lipinski definition) is 0. The van der Waals surface area contributed by atoms with Gasteiger partial charge >= 0.3 is 0 Å². The molecule has 0 aliphatic heterocycles. The average molecular weight is 273 g/mol. The maximum absolute atomic E-state index is 5.24. The van der Waals surface area contributed by atoms with Crippen LogP contribution in [0, 0.1) is 0 Å². The van der Waals surface area contributed by atoms with E-state index in [2.05, 4.69) is 65.2 Å². The van der Waals surface area contributed by atoms with Gasteiger partial charge in [0.1, 0.15) is 5.75 Å². The molecule has 0 amide bonds. The second kappa shape index (κ2) is 4.67. The molecule has 4 aromatic rings. The molecular weight excluding hydrogens is 258 g/mol. The van der Waals surface area contributed by atoms with Gasteiger partial charge in [0.2, 0.25) is 0 Å². The molecule has 21 heavy (non-hydrogen) atoms. The Kier molecular flexibility index (Phi) is 2.68. The van der Waals surface area contributed by atoms with Crippen LogP contribution >= 0.6 is 0 Å². The zero-order valence-corrected chi connectivity index (χ0v) is 11.8. The minimum Gasteiger partial charge on any atom is -0.497 e. The molecule has 2 heterocycles. The van der Waals surface area contributed by atoms with Crippen molar-refractivity contribution in [2.24, 2.45) is 0 Å². The van der Waals surface area contributed by atoms with Crippen molar-refractivity contribution in [3.8, 4) is 17.0 Å². The molecule has 2 aromatic heterocycles. The largest absolute Gasteiger partial charge is 0.497 e. The predicted octanol–water partition coefficient (Wildman–Crippen LogP) is 4.77. The first kappa shape index (κ1) is 12.0. The number of benzene rings is 2. The highest BCUT2D eigenvalue weighted by atomic mass is 16.5. The number of rotatable bonds is 2. The van der Waals surface area contributed by atoms with Crippen molar-refractivity contribution in [3.05, 3.63) is 72.9 Å². The molecule has 0 fully saturated rings. The minimum atomic E-state index is 0.878. The van der Waals surface area contributed by atoms with E-state index in [1.54, 1.807) is 7.11 Å². The van der Waals surface area contributed by atoms with Gasteiger partial charge in [0, 0.05) is 11.6 Å². The van der Waals surface area contributed by atoms with Crippen LogP contribution in [0.5, 0.6) is 5.75 Å². The Labute approximate surface area is 123 Å². The van der Waals surface area contributed by atoms with Crippen LogP contribution in [0.25, 0.3) is 27.5 Å². The molecule has 102 valence electrons. The van der Waals surface area contributed by atoms with E-state index in [4.69, 9.17) is 4.74 Å². The van der Waals surface area contributed by atoms with E-state index >= 15 is 0 Å². The van der Waals surface area contributed by atoms with Crippen LogP contribution in [-0.2, 0) is 0 Å². The standard InChI is InChI=1S/C19H15NO/c1-21-16-10-8-14(9-11-16)19-13-15-5-2-3-6-17(15)18-7-4-12-20(18)19/h2-13H,1H3. The normalized spacial score (nSPS) is 11.1. The SMILES string of the molecule is COc1ccc(-c2cc3ccccc3c3cccn23)cc1. The van der Waals surface area contributed by atoms with Crippen molar-refractivity contribution in [2.45, 2.75) is 0 Å². The number of methoxy groups -OCH3 is 1. The minimum absolute atomic E-state index is 0.878. The molecule has 0 spiro atoms. The molecule has 0 N–H and O–H groups in total. The smallest absolute Gasteiger partial charge is 0.118 e. The van der Waals surface area contributed by atoms with Crippen molar-refractivity contribution in [1.29, 1.82) is 0 Å². The molecular formula is C19H15NO. The molecule has 0 aliphatic rings. The van der Waals surface area contributed by atoms with Gasteiger partial charge in [-0.05, 0) is 53.4 Å². The monoisotopic (exact) mass is 273 g/mol. The zero-order valence-electron chi connectivity index (χ0n) is 11.8. The lowest BCUT2D eigenvalue weighted by molar-refractivity contribution is 0.415. The lowest BCUT2D eigenvalue weighted by atomic mass is 10.1. The lowest BCUT2D eigenvalue weighted by Crippen LogP contribution is -1.92. The van der Waals surface area contributed by atoms with Gasteiger partial charge in [-0.25, -0.2) is 0 Å². The summed E-state index contributed by atoms with van der Waals surface area (Å²) in [4.78, 5) is 0. The second-order valence-electron chi connectivity index (χ2n) is 5.11. The summed E-state index contributed by atoms with van der Waals surface area (Å²) in [6, 6.07) is 23.2. The van der Waals surface area contributed by atoms with Crippen LogP contribution in [0.3, 0.4) is 0 Å². The van der Waals surface area contributed by atoms with Gasteiger partial charge in [-0.15, -0.1) is 0 Å². The van der Waals surface area contributed by atoms with E-state index in [-0.39, 0.29) is 0 Å². The number of ether oxygens (including phenoxy) is 1. The fourth-order valence-corrected chi connectivity index (χ4v) is 2.87. The summed E-state index contributed by atoms with van der Waals surface area (Å²) in [5.41, 5.74) is 3.61. The summed E-state index contributed by atoms with van der Waals surface area (Å²) < 4.78 is 7.48. The van der Waals surface area contributed by atoms with Gasteiger partial charge < -0.3 is 9.14 Å². The maximum Gasteiger partial charge on any atom is 0.118 e. The summed E-state index contributed by atoms with van der Waals surface area (Å²) in [7, 11) is 1.69. The summed E-state index contributed by atoms with van der Waals surface area (Å²) >= 11 is 0. The Morgan fingerprint density at radius 2 is 1.67 bits per heavy atom. The molecule has 0 unspecified atom stereocenters. The van der Waals surface area contributed by atoms with Crippen molar-refractivity contribution in [1.82, 2.24) is 4.40 Å². The Hall–Kier alpha value is -2.74. The Morgan fingerprint density at radius 3 is 2.48 bits per heavy atom. The fourth-order valence-electron chi connectivity index (χ4n) is 2.87. The van der Waals surface area contributed by atoms with Crippen molar-refractivity contribution in [2.75, 3.05) is 7.11 Å². The van der Waals surface area contributed by atoms with Gasteiger partial charge in [0.25, 0.3) is 0 Å². The van der Waals surface area contributed by atoms with Gasteiger partial charge in [0.05, 0.1) is 18.3 Å². The van der Waals surface area contributed by atoms with Crippen molar-refractivity contribution in [3.63, 3.8) is 0 Å². The third-order valence-corrected chi connectivity index (χ3v) is 3.92. The van der Waals surface area contributed by atoms with Crippen molar-refractivity contribution < 1.29 is 4.74 Å². The molecule has 4 rings (SSSR count). The van der Waals surface area contributed by atoms with Gasteiger partial charge in [-0.1, -0.05) is 24.3 Å². The Balaban J connectivity index is 2.03. The lowest BCUT2D eigenvalue weighted by Gasteiger charge is -2.10. The highest BCUT2D eigenvalue weighted by Gasteiger charge is 2.07. The summed E-state index contributed by atoms with van der Waals surface area (Å²) in [5, 5.41) is 2.54. The van der Waals surface area contributed by atoms with Gasteiger partial charge in [0.15, 0.2) is 0 Å². The third kappa shape index (κ3) is 1.88. The molecule has 0 atom stereocenters.